The van der Waals surface area contributed by atoms with Gasteiger partial charge in [0.1, 0.15) is 5.82 Å². The minimum absolute atomic E-state index is 0.764. The van der Waals surface area contributed by atoms with Crippen LogP contribution in [0.3, 0.4) is 0 Å². The van der Waals surface area contributed by atoms with Crippen LogP contribution in [0.2, 0.25) is 0 Å². The van der Waals surface area contributed by atoms with E-state index in [9.17, 15) is 0 Å². The molecule has 4 heteroatoms. The first-order valence-corrected chi connectivity index (χ1v) is 8.12. The molecule has 0 aliphatic carbocycles. The molecule has 3 nitrogen and oxygen atoms in total. The molecule has 2 rings (SSSR count). The van der Waals surface area contributed by atoms with Gasteiger partial charge < -0.3 is 5.32 Å². The summed E-state index contributed by atoms with van der Waals surface area (Å²) in [6.07, 6.45) is 2.92. The predicted octanol–water partition coefficient (Wildman–Crippen LogP) is 3.60. The van der Waals surface area contributed by atoms with Gasteiger partial charge in [-0.15, -0.1) is 0 Å². The summed E-state index contributed by atoms with van der Waals surface area (Å²) < 4.78 is 1.11. The van der Waals surface area contributed by atoms with E-state index in [0.717, 1.165) is 47.5 Å². The number of rotatable bonds is 6. The Morgan fingerprint density at radius 3 is 2.38 bits per heavy atom. The van der Waals surface area contributed by atoms with Crippen LogP contribution in [0.5, 0.6) is 0 Å². The Kier molecular flexibility index (Phi) is 5.88. The van der Waals surface area contributed by atoms with Gasteiger partial charge in [-0.2, -0.15) is 0 Å². The first kappa shape index (κ1) is 16.1. The highest BCUT2D eigenvalue weighted by Crippen LogP contribution is 2.20. The molecule has 0 unspecified atom stereocenters. The van der Waals surface area contributed by atoms with Gasteiger partial charge in [-0.25, -0.2) is 9.97 Å². The average molecular weight is 348 g/mol. The number of hydrogen-bond donors (Lipinski definition) is 1. The molecule has 0 spiro atoms. The molecule has 0 radical (unpaired) electrons. The molecule has 21 heavy (non-hydrogen) atoms. The van der Waals surface area contributed by atoms with Crippen molar-refractivity contribution in [3.05, 3.63) is 57.1 Å². The van der Waals surface area contributed by atoms with Gasteiger partial charge in [0, 0.05) is 22.3 Å². The topological polar surface area (TPSA) is 37.8 Å². The third kappa shape index (κ3) is 4.35. The summed E-state index contributed by atoms with van der Waals surface area (Å²) >= 11 is 3.58. The largest absolute Gasteiger partial charge is 0.320 e. The zero-order chi connectivity index (χ0) is 15.2. The van der Waals surface area contributed by atoms with Gasteiger partial charge in [0.15, 0.2) is 0 Å². The predicted molar refractivity (Wildman–Crippen MR) is 90.7 cm³/mol. The standard InChI is InChI=1S/C17H22BrN3/c1-12-15(8-6-10-19-3)13(2)21-17(20-12)11-14-7-4-5-9-16(14)18/h4-5,7,9,19H,6,8,10-11H2,1-3H3. The number of hydrogen-bond acceptors (Lipinski definition) is 3. The van der Waals surface area contributed by atoms with Crippen molar-refractivity contribution in [3.63, 3.8) is 0 Å². The second kappa shape index (κ2) is 7.66. The van der Waals surface area contributed by atoms with E-state index in [1.165, 1.54) is 11.1 Å². The minimum Gasteiger partial charge on any atom is -0.320 e. The highest BCUT2D eigenvalue weighted by molar-refractivity contribution is 9.10. The zero-order valence-electron chi connectivity index (χ0n) is 12.9. The monoisotopic (exact) mass is 347 g/mol. The van der Waals surface area contributed by atoms with Crippen LogP contribution in [0.25, 0.3) is 0 Å². The molecule has 1 N–H and O–H groups in total. The van der Waals surface area contributed by atoms with Crippen molar-refractivity contribution >= 4 is 15.9 Å². The SMILES string of the molecule is CNCCCc1c(C)nc(Cc2ccccc2Br)nc1C. The van der Waals surface area contributed by atoms with E-state index in [4.69, 9.17) is 9.97 Å². The Hall–Kier alpha value is -1.26. The number of aryl methyl sites for hydroxylation is 2. The molecule has 1 heterocycles. The Balaban J connectivity index is 2.17. The van der Waals surface area contributed by atoms with Gasteiger partial charge in [0.2, 0.25) is 0 Å². The van der Waals surface area contributed by atoms with E-state index < -0.39 is 0 Å². The van der Waals surface area contributed by atoms with Crippen LogP contribution in [0.4, 0.5) is 0 Å². The molecule has 0 amide bonds. The van der Waals surface area contributed by atoms with Crippen LogP contribution in [0, 0.1) is 13.8 Å². The third-order valence-corrected chi connectivity index (χ3v) is 4.40. The highest BCUT2D eigenvalue weighted by atomic mass is 79.9. The summed E-state index contributed by atoms with van der Waals surface area (Å²) in [6.45, 7) is 5.21. The molecule has 1 aromatic carbocycles. The van der Waals surface area contributed by atoms with Crippen molar-refractivity contribution in [3.8, 4) is 0 Å². The normalized spacial score (nSPS) is 10.9. The molecular formula is C17H22BrN3. The van der Waals surface area contributed by atoms with Gasteiger partial charge in [-0.05, 0) is 57.5 Å². The Bertz CT molecular complexity index is 588. The lowest BCUT2D eigenvalue weighted by atomic mass is 10.1. The lowest BCUT2D eigenvalue weighted by Crippen LogP contribution is -2.11. The van der Waals surface area contributed by atoms with Gasteiger partial charge in [-0.3, -0.25) is 0 Å². The summed E-state index contributed by atoms with van der Waals surface area (Å²) in [5.41, 5.74) is 4.74. The molecule has 112 valence electrons. The molecule has 0 aliphatic rings. The van der Waals surface area contributed by atoms with Gasteiger partial charge >= 0.3 is 0 Å². The molecule has 2 aromatic rings. The van der Waals surface area contributed by atoms with Crippen LogP contribution in [-0.2, 0) is 12.8 Å². The first-order chi connectivity index (χ1) is 10.1. The molecule has 1 aromatic heterocycles. The summed E-state index contributed by atoms with van der Waals surface area (Å²) in [6, 6.07) is 8.24. The first-order valence-electron chi connectivity index (χ1n) is 7.32. The van der Waals surface area contributed by atoms with E-state index in [0.29, 0.717) is 0 Å². The van der Waals surface area contributed by atoms with Gasteiger partial charge in [0.05, 0.1) is 0 Å². The van der Waals surface area contributed by atoms with E-state index in [1.807, 2.05) is 19.2 Å². The number of aromatic nitrogens is 2. The zero-order valence-corrected chi connectivity index (χ0v) is 14.5. The average Bonchev–Trinajstić information content (AvgIpc) is 2.44. The van der Waals surface area contributed by atoms with Crippen LogP contribution in [0.1, 0.15) is 34.8 Å². The fourth-order valence-corrected chi connectivity index (χ4v) is 2.93. The maximum atomic E-state index is 4.70. The number of halogens is 1. The van der Waals surface area contributed by atoms with Crippen molar-refractivity contribution in [1.82, 2.24) is 15.3 Å². The molecule has 0 bridgehead atoms. The van der Waals surface area contributed by atoms with E-state index in [2.05, 4.69) is 47.2 Å². The maximum Gasteiger partial charge on any atom is 0.133 e. The van der Waals surface area contributed by atoms with Crippen molar-refractivity contribution < 1.29 is 0 Å². The van der Waals surface area contributed by atoms with Crippen molar-refractivity contribution in [2.45, 2.75) is 33.1 Å². The van der Waals surface area contributed by atoms with Crippen molar-refractivity contribution in [2.24, 2.45) is 0 Å². The summed E-state index contributed by atoms with van der Waals surface area (Å²) in [4.78, 5) is 9.39. The maximum absolute atomic E-state index is 4.70. The van der Waals surface area contributed by atoms with E-state index in [-0.39, 0.29) is 0 Å². The second-order valence-corrected chi connectivity index (χ2v) is 6.12. The number of nitrogens with one attached hydrogen (secondary N) is 1. The molecule has 0 atom stereocenters. The smallest absolute Gasteiger partial charge is 0.133 e. The lowest BCUT2D eigenvalue weighted by molar-refractivity contribution is 0.712. The number of benzene rings is 1. The van der Waals surface area contributed by atoms with Crippen LogP contribution in [0.15, 0.2) is 28.7 Å². The Morgan fingerprint density at radius 1 is 1.10 bits per heavy atom. The summed E-state index contributed by atoms with van der Waals surface area (Å²) in [7, 11) is 1.98. The Morgan fingerprint density at radius 2 is 1.76 bits per heavy atom. The number of nitrogens with zero attached hydrogens (tertiary/aromatic N) is 2. The molecular weight excluding hydrogens is 326 g/mol. The van der Waals surface area contributed by atoms with Crippen LogP contribution in [-0.4, -0.2) is 23.6 Å². The molecule has 0 fully saturated rings. The fourth-order valence-electron chi connectivity index (χ4n) is 2.50. The molecule has 0 saturated heterocycles. The summed E-state index contributed by atoms with van der Waals surface area (Å²) in [5, 5.41) is 3.18. The van der Waals surface area contributed by atoms with Crippen molar-refractivity contribution in [2.75, 3.05) is 13.6 Å². The van der Waals surface area contributed by atoms with Crippen LogP contribution < -0.4 is 5.32 Å². The molecule has 0 aliphatic heterocycles. The minimum atomic E-state index is 0.764. The van der Waals surface area contributed by atoms with Crippen molar-refractivity contribution in [1.29, 1.82) is 0 Å². The highest BCUT2D eigenvalue weighted by Gasteiger charge is 2.10. The fraction of sp³-hybridized carbons (Fsp3) is 0.412. The van der Waals surface area contributed by atoms with Gasteiger partial charge in [-0.1, -0.05) is 34.1 Å². The van der Waals surface area contributed by atoms with E-state index >= 15 is 0 Å². The third-order valence-electron chi connectivity index (χ3n) is 3.63. The summed E-state index contributed by atoms with van der Waals surface area (Å²) in [5.74, 6) is 0.897. The Labute approximate surface area is 135 Å². The second-order valence-electron chi connectivity index (χ2n) is 5.26. The van der Waals surface area contributed by atoms with Gasteiger partial charge in [0.25, 0.3) is 0 Å². The van der Waals surface area contributed by atoms with E-state index in [1.54, 1.807) is 0 Å². The lowest BCUT2D eigenvalue weighted by Gasteiger charge is -2.11. The van der Waals surface area contributed by atoms with Crippen LogP contribution >= 0.6 is 15.9 Å². The molecule has 0 saturated carbocycles. The quantitative estimate of drug-likeness (QED) is 0.811.